The molecule has 0 heterocycles. The van der Waals surface area contributed by atoms with Crippen molar-refractivity contribution in [2.24, 2.45) is 5.73 Å². The summed E-state index contributed by atoms with van der Waals surface area (Å²) in [4.78, 5) is 35.4. The Morgan fingerprint density at radius 1 is 1.14 bits per heavy atom. The molecule has 0 aromatic heterocycles. The summed E-state index contributed by atoms with van der Waals surface area (Å²) in [5.74, 6) is -1.13. The van der Waals surface area contributed by atoms with Crippen molar-refractivity contribution in [2.75, 3.05) is 11.9 Å². The number of nitrogens with two attached hydrogens (primary N) is 1. The number of rotatable bonds is 7. The predicted molar refractivity (Wildman–Crippen MR) is 107 cm³/mol. The monoisotopic (exact) mass is 403 g/mol. The zero-order valence-corrected chi connectivity index (χ0v) is 16.4. The molecule has 28 heavy (non-hydrogen) atoms. The van der Waals surface area contributed by atoms with Gasteiger partial charge in [-0.3, -0.25) is 9.59 Å². The van der Waals surface area contributed by atoms with Crippen LogP contribution in [0, 0.1) is 13.8 Å². The summed E-state index contributed by atoms with van der Waals surface area (Å²) in [5.41, 5.74) is 8.34. The fourth-order valence-corrected chi connectivity index (χ4v) is 2.95. The molecule has 4 N–H and O–H groups in total. The maximum atomic E-state index is 12.2. The van der Waals surface area contributed by atoms with E-state index >= 15 is 0 Å². The van der Waals surface area contributed by atoms with Gasteiger partial charge in [-0.1, -0.05) is 47.5 Å². The van der Waals surface area contributed by atoms with Gasteiger partial charge in [-0.15, -0.1) is 0 Å². The molecule has 0 radical (unpaired) electrons. The molecular formula is C20H22ClN3O4. The van der Waals surface area contributed by atoms with Crippen molar-refractivity contribution in [1.82, 2.24) is 5.32 Å². The zero-order valence-electron chi connectivity index (χ0n) is 15.6. The van der Waals surface area contributed by atoms with Gasteiger partial charge in [-0.2, -0.15) is 0 Å². The molecule has 8 heteroatoms. The van der Waals surface area contributed by atoms with Crippen LogP contribution in [0.3, 0.4) is 0 Å². The average molecular weight is 404 g/mol. The molecule has 2 aromatic carbocycles. The van der Waals surface area contributed by atoms with Gasteiger partial charge in [0.25, 0.3) is 5.91 Å². The number of hydrogen-bond donors (Lipinski definition) is 3. The van der Waals surface area contributed by atoms with Gasteiger partial charge in [0, 0.05) is 10.7 Å². The summed E-state index contributed by atoms with van der Waals surface area (Å²) < 4.78 is 5.03. The van der Waals surface area contributed by atoms with Gasteiger partial charge < -0.3 is 21.1 Å². The van der Waals surface area contributed by atoms with Crippen molar-refractivity contribution in [2.45, 2.75) is 26.3 Å². The third-order valence-electron chi connectivity index (χ3n) is 3.99. The van der Waals surface area contributed by atoms with Crippen LogP contribution in [0.1, 0.15) is 29.2 Å². The number of nitrogens with one attached hydrogen (secondary N) is 2. The maximum Gasteiger partial charge on any atom is 0.312 e. The Labute approximate surface area is 168 Å². The molecule has 0 aliphatic carbocycles. The Kier molecular flexibility index (Phi) is 7.40. The number of carbonyl (C=O) groups excluding carboxylic acids is 3. The first-order chi connectivity index (χ1) is 13.3. The van der Waals surface area contributed by atoms with Gasteiger partial charge >= 0.3 is 12.0 Å². The van der Waals surface area contributed by atoms with Gasteiger partial charge in [0.05, 0.1) is 12.5 Å². The number of anilines is 1. The molecule has 0 spiro atoms. The van der Waals surface area contributed by atoms with Gasteiger partial charge in [0.1, 0.15) is 0 Å². The number of carbonyl (C=O) groups is 3. The maximum absolute atomic E-state index is 12.2. The lowest BCUT2D eigenvalue weighted by atomic mass is 10.0. The normalized spacial score (nSPS) is 11.4. The van der Waals surface area contributed by atoms with Crippen LogP contribution in [0.4, 0.5) is 10.5 Å². The van der Waals surface area contributed by atoms with Gasteiger partial charge in [0.2, 0.25) is 0 Å². The van der Waals surface area contributed by atoms with Crippen LogP contribution < -0.4 is 16.4 Å². The third-order valence-corrected chi connectivity index (χ3v) is 4.33. The Balaban J connectivity index is 1.94. The molecule has 7 nitrogen and oxygen atoms in total. The molecule has 0 unspecified atom stereocenters. The molecule has 3 amide bonds. The van der Waals surface area contributed by atoms with Gasteiger partial charge in [0.15, 0.2) is 6.61 Å². The lowest BCUT2D eigenvalue weighted by Gasteiger charge is -2.18. The van der Waals surface area contributed by atoms with Crippen molar-refractivity contribution in [3.05, 3.63) is 64.2 Å². The fourth-order valence-electron chi connectivity index (χ4n) is 2.68. The predicted octanol–water partition coefficient (Wildman–Crippen LogP) is 3.24. The minimum absolute atomic E-state index is 0.219. The van der Waals surface area contributed by atoms with Crippen LogP contribution in [-0.4, -0.2) is 24.5 Å². The Bertz CT molecular complexity index is 886. The molecule has 148 valence electrons. The standard InChI is InChI=1S/C20H22ClN3O4/c1-12-7-8-16(13(2)9-12)23-18(25)11-28-19(26)10-17(24-20(22)27)14-5-3-4-6-15(14)21/h3-9,17H,10-11H2,1-2H3,(H,23,25)(H3,22,24,27)/t17-/m1/s1. The van der Waals surface area contributed by atoms with Crippen LogP contribution >= 0.6 is 11.6 Å². The average Bonchev–Trinajstić information content (AvgIpc) is 2.62. The van der Waals surface area contributed by atoms with E-state index < -0.39 is 30.6 Å². The van der Waals surface area contributed by atoms with Crippen molar-refractivity contribution < 1.29 is 19.1 Å². The quantitative estimate of drug-likeness (QED) is 0.616. The molecular weight excluding hydrogens is 382 g/mol. The first-order valence-electron chi connectivity index (χ1n) is 8.59. The van der Waals surface area contributed by atoms with E-state index in [1.807, 2.05) is 26.0 Å². The van der Waals surface area contributed by atoms with E-state index in [2.05, 4.69) is 10.6 Å². The van der Waals surface area contributed by atoms with E-state index in [4.69, 9.17) is 22.1 Å². The number of halogens is 1. The molecule has 0 saturated heterocycles. The summed E-state index contributed by atoms with van der Waals surface area (Å²) >= 11 is 6.12. The van der Waals surface area contributed by atoms with Crippen molar-refractivity contribution in [1.29, 1.82) is 0 Å². The summed E-state index contributed by atoms with van der Waals surface area (Å²) in [7, 11) is 0. The van der Waals surface area contributed by atoms with E-state index in [1.165, 1.54) is 0 Å². The molecule has 0 saturated carbocycles. The highest BCUT2D eigenvalue weighted by Crippen LogP contribution is 2.25. The first kappa shape index (κ1) is 21.2. The number of esters is 1. The molecule has 1 atom stereocenters. The van der Waals surface area contributed by atoms with Crippen LogP contribution in [0.2, 0.25) is 5.02 Å². The summed E-state index contributed by atoms with van der Waals surface area (Å²) in [5, 5.41) is 5.53. The van der Waals surface area contributed by atoms with E-state index in [9.17, 15) is 14.4 Å². The van der Waals surface area contributed by atoms with Crippen molar-refractivity contribution in [3.63, 3.8) is 0 Å². The first-order valence-corrected chi connectivity index (χ1v) is 8.97. The van der Waals surface area contributed by atoms with Crippen LogP contribution in [0.25, 0.3) is 0 Å². The zero-order chi connectivity index (χ0) is 20.7. The molecule has 0 aliphatic heterocycles. The molecule has 2 rings (SSSR count). The largest absolute Gasteiger partial charge is 0.455 e. The van der Waals surface area contributed by atoms with Crippen molar-refractivity contribution in [3.8, 4) is 0 Å². The molecule has 0 aliphatic rings. The minimum atomic E-state index is -0.801. The SMILES string of the molecule is Cc1ccc(NC(=O)COC(=O)C[C@@H](NC(N)=O)c2ccccc2Cl)c(C)c1. The van der Waals surface area contributed by atoms with Crippen LogP contribution in [-0.2, 0) is 14.3 Å². The number of urea groups is 1. The highest BCUT2D eigenvalue weighted by molar-refractivity contribution is 6.31. The number of ether oxygens (including phenoxy) is 1. The third kappa shape index (κ3) is 6.28. The summed E-state index contributed by atoms with van der Waals surface area (Å²) in [6.45, 7) is 3.38. The Hall–Kier alpha value is -3.06. The number of primary amides is 1. The smallest absolute Gasteiger partial charge is 0.312 e. The number of amides is 3. The van der Waals surface area contributed by atoms with E-state index in [0.29, 0.717) is 16.3 Å². The van der Waals surface area contributed by atoms with Gasteiger partial charge in [-0.25, -0.2) is 4.79 Å². The lowest BCUT2D eigenvalue weighted by Crippen LogP contribution is -2.35. The highest BCUT2D eigenvalue weighted by Gasteiger charge is 2.21. The lowest BCUT2D eigenvalue weighted by molar-refractivity contribution is -0.147. The number of benzene rings is 2. The minimum Gasteiger partial charge on any atom is -0.455 e. The van der Waals surface area contributed by atoms with Crippen molar-refractivity contribution >= 4 is 35.2 Å². The molecule has 0 bridgehead atoms. The molecule has 2 aromatic rings. The Morgan fingerprint density at radius 3 is 2.50 bits per heavy atom. The topological polar surface area (TPSA) is 111 Å². The molecule has 0 fully saturated rings. The number of aryl methyl sites for hydroxylation is 2. The van der Waals surface area contributed by atoms with E-state index in [1.54, 1.807) is 30.3 Å². The fraction of sp³-hybridized carbons (Fsp3) is 0.250. The second kappa shape index (κ2) is 9.75. The van der Waals surface area contributed by atoms with Crippen LogP contribution in [0.15, 0.2) is 42.5 Å². The highest BCUT2D eigenvalue weighted by atomic mass is 35.5. The van der Waals surface area contributed by atoms with Crippen LogP contribution in [0.5, 0.6) is 0 Å². The van der Waals surface area contributed by atoms with Gasteiger partial charge in [-0.05, 0) is 37.1 Å². The van der Waals surface area contributed by atoms with E-state index in [-0.39, 0.29) is 6.42 Å². The second-order valence-electron chi connectivity index (χ2n) is 6.31. The summed E-state index contributed by atoms with van der Waals surface area (Å²) in [6.07, 6.45) is -0.219. The number of hydrogen-bond acceptors (Lipinski definition) is 4. The summed E-state index contributed by atoms with van der Waals surface area (Å²) in [6, 6.07) is 10.8. The second-order valence-corrected chi connectivity index (χ2v) is 6.72. The Morgan fingerprint density at radius 2 is 1.86 bits per heavy atom. The van der Waals surface area contributed by atoms with E-state index in [0.717, 1.165) is 11.1 Å².